The lowest BCUT2D eigenvalue weighted by atomic mass is 9.95. The summed E-state index contributed by atoms with van der Waals surface area (Å²) in [5, 5.41) is 7.97. The molecule has 0 atom stereocenters. The molecule has 1 aromatic heterocycles. The van der Waals surface area contributed by atoms with Gasteiger partial charge in [-0.3, -0.25) is 9.59 Å². The number of para-hydroxylation sites is 1. The van der Waals surface area contributed by atoms with Gasteiger partial charge in [0, 0.05) is 15.6 Å². The maximum atomic E-state index is 13.3. The van der Waals surface area contributed by atoms with Gasteiger partial charge in [0.15, 0.2) is 12.4 Å². The molecule has 1 amide bonds. The zero-order chi connectivity index (χ0) is 26.7. The number of carbonyl (C=O) groups excluding carboxylic acids is 1. The monoisotopic (exact) mass is 644 g/mol. The summed E-state index contributed by atoms with van der Waals surface area (Å²) >= 11 is 13.3. The van der Waals surface area contributed by atoms with Crippen LogP contribution in [-0.2, 0) is 10.2 Å². The molecule has 0 aliphatic carbocycles. The molecule has 4 aromatic rings. The number of hydrogen-bond acceptors (Lipinski definition) is 5. The van der Waals surface area contributed by atoms with Gasteiger partial charge < -0.3 is 10.1 Å². The van der Waals surface area contributed by atoms with Gasteiger partial charge in [-0.15, -0.1) is 0 Å². The molecular weight excluding hydrogens is 624 g/mol. The first kappa shape index (κ1) is 27.0. The number of aromatic nitrogens is 2. The second-order valence-corrected chi connectivity index (χ2v) is 11.4. The summed E-state index contributed by atoms with van der Waals surface area (Å²) in [6.07, 6.45) is 1.53. The number of ether oxygens (including phenoxy) is 1. The summed E-state index contributed by atoms with van der Waals surface area (Å²) in [6.45, 7) is 5.69. The van der Waals surface area contributed by atoms with Crippen LogP contribution in [0, 0.1) is 0 Å². The Morgan fingerprint density at radius 3 is 2.54 bits per heavy atom. The van der Waals surface area contributed by atoms with Crippen LogP contribution >= 0.6 is 43.5 Å². The second-order valence-electron chi connectivity index (χ2n) is 9.22. The van der Waals surface area contributed by atoms with Crippen LogP contribution in [0.4, 0.5) is 5.69 Å². The summed E-state index contributed by atoms with van der Waals surface area (Å²) in [6, 6.07) is 17.9. The maximum Gasteiger partial charge on any atom is 0.282 e. The van der Waals surface area contributed by atoms with Crippen LogP contribution in [0.2, 0.25) is 5.02 Å². The first-order valence-electron chi connectivity index (χ1n) is 11.3. The summed E-state index contributed by atoms with van der Waals surface area (Å²) in [7, 11) is 0. The van der Waals surface area contributed by atoms with Gasteiger partial charge in [0.1, 0.15) is 5.82 Å². The van der Waals surface area contributed by atoms with Crippen LogP contribution in [0.15, 0.2) is 79.5 Å². The van der Waals surface area contributed by atoms with E-state index < -0.39 is 5.41 Å². The van der Waals surface area contributed by atoms with Crippen molar-refractivity contribution in [3.63, 3.8) is 0 Å². The van der Waals surface area contributed by atoms with Crippen LogP contribution in [0.5, 0.6) is 5.75 Å². The number of fused-ring (bicyclic) bond motifs is 1. The third-order valence-electron chi connectivity index (χ3n) is 5.23. The summed E-state index contributed by atoms with van der Waals surface area (Å²) < 4.78 is 8.29. The Labute approximate surface area is 235 Å². The predicted molar refractivity (Wildman–Crippen MR) is 155 cm³/mol. The van der Waals surface area contributed by atoms with Crippen LogP contribution in [0.1, 0.15) is 32.2 Å². The lowest BCUT2D eigenvalue weighted by Crippen LogP contribution is -2.29. The Bertz CT molecular complexity index is 1540. The molecule has 7 nitrogen and oxygen atoms in total. The highest BCUT2D eigenvalue weighted by Crippen LogP contribution is 2.34. The van der Waals surface area contributed by atoms with E-state index in [1.165, 1.54) is 10.9 Å². The van der Waals surface area contributed by atoms with Crippen molar-refractivity contribution in [2.45, 2.75) is 26.2 Å². The standard InChI is InChI=1S/C27H23Br2ClN4O3/c1-27(2,3)26-33-22-10-9-17(28)13-19(22)25(36)34(26)31-14-16-11-20(29)24(21(30)12-16)37-15-23(35)32-18-7-5-4-6-8-18/h4-14H,15H2,1-3H3,(H,32,35). The van der Waals surface area contributed by atoms with Crippen molar-refractivity contribution in [3.05, 3.63) is 96.4 Å². The molecule has 10 heteroatoms. The van der Waals surface area contributed by atoms with E-state index in [4.69, 9.17) is 21.3 Å². The smallest absolute Gasteiger partial charge is 0.282 e. The normalized spacial score (nSPS) is 11.7. The molecule has 0 aliphatic heterocycles. The van der Waals surface area contributed by atoms with Gasteiger partial charge in [-0.1, -0.05) is 66.5 Å². The Balaban J connectivity index is 1.60. The fourth-order valence-corrected chi connectivity index (χ4v) is 4.86. The van der Waals surface area contributed by atoms with Crippen molar-refractivity contribution in [3.8, 4) is 5.75 Å². The number of amides is 1. The van der Waals surface area contributed by atoms with Crippen molar-refractivity contribution in [2.24, 2.45) is 5.10 Å². The Kier molecular flexibility index (Phi) is 8.16. The Morgan fingerprint density at radius 2 is 1.86 bits per heavy atom. The van der Waals surface area contributed by atoms with Crippen LogP contribution in [-0.4, -0.2) is 28.4 Å². The topological polar surface area (TPSA) is 85.6 Å². The molecule has 0 saturated carbocycles. The largest absolute Gasteiger partial charge is 0.481 e. The molecule has 0 spiro atoms. The highest BCUT2D eigenvalue weighted by Gasteiger charge is 2.23. The fourth-order valence-electron chi connectivity index (χ4n) is 3.51. The van der Waals surface area contributed by atoms with Gasteiger partial charge in [0.05, 0.1) is 26.6 Å². The number of nitrogens with one attached hydrogen (secondary N) is 1. The zero-order valence-electron chi connectivity index (χ0n) is 20.3. The Morgan fingerprint density at radius 1 is 1.14 bits per heavy atom. The minimum atomic E-state index is -0.436. The van der Waals surface area contributed by atoms with Gasteiger partial charge >= 0.3 is 0 Å². The highest BCUT2D eigenvalue weighted by molar-refractivity contribution is 9.10. The molecule has 0 unspecified atom stereocenters. The molecule has 1 N–H and O–H groups in total. The third-order valence-corrected chi connectivity index (χ3v) is 6.59. The van der Waals surface area contributed by atoms with Crippen molar-refractivity contribution < 1.29 is 9.53 Å². The van der Waals surface area contributed by atoms with Crippen molar-refractivity contribution >= 4 is 72.2 Å². The van der Waals surface area contributed by atoms with Crippen LogP contribution in [0.25, 0.3) is 10.9 Å². The first-order chi connectivity index (χ1) is 17.5. The van der Waals surface area contributed by atoms with E-state index in [0.717, 1.165) is 4.47 Å². The minimum absolute atomic E-state index is 0.219. The lowest BCUT2D eigenvalue weighted by molar-refractivity contribution is -0.118. The maximum absolute atomic E-state index is 13.3. The van der Waals surface area contributed by atoms with Gasteiger partial charge in [-0.2, -0.15) is 9.78 Å². The molecular formula is C27H23Br2ClN4O3. The van der Waals surface area contributed by atoms with E-state index in [2.05, 4.69) is 42.3 Å². The predicted octanol–water partition coefficient (Wildman–Crippen LogP) is 6.77. The lowest BCUT2D eigenvalue weighted by Gasteiger charge is -2.20. The van der Waals surface area contributed by atoms with E-state index in [-0.39, 0.29) is 23.1 Å². The average Bonchev–Trinajstić information content (AvgIpc) is 2.83. The number of hydrogen-bond donors (Lipinski definition) is 1. The molecule has 0 radical (unpaired) electrons. The molecule has 0 fully saturated rings. The first-order valence-corrected chi connectivity index (χ1v) is 13.2. The van der Waals surface area contributed by atoms with Gasteiger partial charge in [-0.25, -0.2) is 4.98 Å². The van der Waals surface area contributed by atoms with Gasteiger partial charge in [0.2, 0.25) is 0 Å². The molecule has 37 heavy (non-hydrogen) atoms. The minimum Gasteiger partial charge on any atom is -0.481 e. The van der Waals surface area contributed by atoms with E-state index in [9.17, 15) is 9.59 Å². The Hall–Kier alpha value is -3.01. The average molecular weight is 647 g/mol. The number of nitrogens with zero attached hydrogens (tertiary/aromatic N) is 3. The van der Waals surface area contributed by atoms with E-state index in [1.54, 1.807) is 36.4 Å². The van der Waals surface area contributed by atoms with Crippen LogP contribution in [0.3, 0.4) is 0 Å². The van der Waals surface area contributed by atoms with Gasteiger partial charge in [-0.05, 0) is 64.0 Å². The number of benzene rings is 3. The molecule has 3 aromatic carbocycles. The molecule has 1 heterocycles. The highest BCUT2D eigenvalue weighted by atomic mass is 79.9. The fraction of sp³-hybridized carbons (Fsp3) is 0.185. The summed E-state index contributed by atoms with van der Waals surface area (Å²) in [5.74, 6) is 0.536. The summed E-state index contributed by atoms with van der Waals surface area (Å²) in [4.78, 5) is 30.3. The number of halogens is 3. The number of carbonyl (C=O) groups is 1. The molecule has 4 rings (SSSR count). The van der Waals surface area contributed by atoms with Gasteiger partial charge in [0.25, 0.3) is 11.5 Å². The van der Waals surface area contributed by atoms with Crippen molar-refractivity contribution in [1.82, 2.24) is 9.66 Å². The van der Waals surface area contributed by atoms with E-state index in [1.807, 2.05) is 45.0 Å². The van der Waals surface area contributed by atoms with Crippen LogP contribution < -0.4 is 15.6 Å². The quantitative estimate of drug-likeness (QED) is 0.234. The molecule has 0 bridgehead atoms. The van der Waals surface area contributed by atoms with E-state index >= 15 is 0 Å². The molecule has 190 valence electrons. The van der Waals surface area contributed by atoms with Crippen molar-refractivity contribution in [1.29, 1.82) is 0 Å². The number of anilines is 1. The van der Waals surface area contributed by atoms with E-state index in [0.29, 0.717) is 38.2 Å². The van der Waals surface area contributed by atoms with Crippen molar-refractivity contribution in [2.75, 3.05) is 11.9 Å². The summed E-state index contributed by atoms with van der Waals surface area (Å²) in [5.41, 5.74) is 1.19. The zero-order valence-corrected chi connectivity index (χ0v) is 24.2. The second kappa shape index (κ2) is 11.2. The SMILES string of the molecule is CC(C)(C)c1nc2ccc(Br)cc2c(=O)n1N=Cc1cc(Cl)c(OCC(=O)Nc2ccccc2)c(Br)c1. The molecule has 0 aliphatic rings. The number of rotatable bonds is 6. The molecule has 0 saturated heterocycles. The third kappa shape index (κ3) is 6.47.